The molecule has 3 aromatic rings. The lowest BCUT2D eigenvalue weighted by molar-refractivity contribution is 0.0217. The van der Waals surface area contributed by atoms with Crippen molar-refractivity contribution in [1.29, 1.82) is 0 Å². The summed E-state index contributed by atoms with van der Waals surface area (Å²) in [5, 5.41) is 12.3. The Balaban J connectivity index is 1.41. The van der Waals surface area contributed by atoms with E-state index in [1.165, 1.54) is 0 Å². The van der Waals surface area contributed by atoms with Gasteiger partial charge in [-0.1, -0.05) is 6.07 Å². The molecule has 0 aromatic carbocycles. The summed E-state index contributed by atoms with van der Waals surface area (Å²) in [5.74, 6) is 0.820. The van der Waals surface area contributed by atoms with Crippen LogP contribution < -0.4 is 4.90 Å². The average Bonchev–Trinajstić information content (AvgIpc) is 3.33. The number of thiophene rings is 1. The Morgan fingerprint density at radius 3 is 2.96 bits per heavy atom. The molecule has 0 radical (unpaired) electrons. The van der Waals surface area contributed by atoms with Gasteiger partial charge in [-0.3, -0.25) is 0 Å². The molecule has 0 amide bonds. The number of aromatic nitrogens is 4. The van der Waals surface area contributed by atoms with Gasteiger partial charge >= 0.3 is 0 Å². The molecule has 1 N–H and O–H groups in total. The number of fused-ring (bicyclic) bond motifs is 1. The quantitative estimate of drug-likeness (QED) is 0.666. The second-order valence-electron chi connectivity index (χ2n) is 6.11. The number of hydrogen-bond acceptors (Lipinski definition) is 8. The Labute approximate surface area is 155 Å². The number of imidazole rings is 1. The van der Waals surface area contributed by atoms with Crippen LogP contribution in [0, 0.1) is 0 Å². The van der Waals surface area contributed by atoms with Gasteiger partial charge in [-0.2, -0.15) is 0 Å². The molecule has 0 bridgehead atoms. The van der Waals surface area contributed by atoms with Crippen molar-refractivity contribution >= 4 is 28.3 Å². The number of anilines is 1. The molecule has 4 heterocycles. The second kappa shape index (κ2) is 8.09. The predicted molar refractivity (Wildman–Crippen MR) is 98.3 cm³/mol. The van der Waals surface area contributed by atoms with E-state index < -0.39 is 6.10 Å². The number of morpholine rings is 1. The van der Waals surface area contributed by atoms with E-state index in [1.54, 1.807) is 24.0 Å². The lowest BCUT2D eigenvalue weighted by atomic mass is 10.3. The molecule has 9 heteroatoms. The molecule has 8 nitrogen and oxygen atoms in total. The third-order valence-corrected chi connectivity index (χ3v) is 5.08. The Kier molecular flexibility index (Phi) is 5.40. The summed E-state index contributed by atoms with van der Waals surface area (Å²) in [6, 6.07) is 4.01. The summed E-state index contributed by atoms with van der Waals surface area (Å²) in [6.07, 6.45) is 2.62. The number of hydrogen-bond donors (Lipinski definition) is 1. The van der Waals surface area contributed by atoms with Gasteiger partial charge < -0.3 is 24.0 Å². The number of ether oxygens (including phenoxy) is 2. The first-order valence-electron chi connectivity index (χ1n) is 8.58. The molecule has 1 fully saturated rings. The van der Waals surface area contributed by atoms with Crippen LogP contribution in [-0.4, -0.2) is 63.6 Å². The van der Waals surface area contributed by atoms with Crippen molar-refractivity contribution in [3.05, 3.63) is 35.0 Å². The van der Waals surface area contributed by atoms with E-state index in [1.807, 2.05) is 22.1 Å². The van der Waals surface area contributed by atoms with Gasteiger partial charge in [-0.25, -0.2) is 15.0 Å². The topological polar surface area (TPSA) is 85.5 Å². The molecule has 0 aliphatic carbocycles. The molecule has 1 saturated heterocycles. The highest BCUT2D eigenvalue weighted by Crippen LogP contribution is 2.22. The molecule has 0 unspecified atom stereocenters. The normalized spacial score (nSPS) is 16.3. The lowest BCUT2D eigenvalue weighted by Crippen LogP contribution is -2.37. The average molecular weight is 375 g/mol. The van der Waals surface area contributed by atoms with Gasteiger partial charge in [-0.05, 0) is 11.4 Å². The third kappa shape index (κ3) is 3.85. The first-order valence-corrected chi connectivity index (χ1v) is 9.46. The van der Waals surface area contributed by atoms with Crippen molar-refractivity contribution in [3.8, 4) is 0 Å². The molecule has 3 aromatic heterocycles. The summed E-state index contributed by atoms with van der Waals surface area (Å²) in [4.78, 5) is 16.5. The Hall–Kier alpha value is -2.07. The van der Waals surface area contributed by atoms with Crippen molar-refractivity contribution in [2.24, 2.45) is 0 Å². The van der Waals surface area contributed by atoms with E-state index in [9.17, 15) is 5.11 Å². The Bertz CT molecular complexity index is 832. The summed E-state index contributed by atoms with van der Waals surface area (Å²) < 4.78 is 12.8. The highest BCUT2D eigenvalue weighted by molar-refractivity contribution is 7.09. The minimum absolute atomic E-state index is 0.263. The van der Waals surface area contributed by atoms with Crippen LogP contribution in [0.2, 0.25) is 0 Å². The summed E-state index contributed by atoms with van der Waals surface area (Å²) in [6.45, 7) is 4.11. The monoisotopic (exact) mass is 375 g/mol. The smallest absolute Gasteiger partial charge is 0.165 e. The minimum Gasteiger partial charge on any atom is -0.389 e. The Morgan fingerprint density at radius 2 is 2.15 bits per heavy atom. The van der Waals surface area contributed by atoms with E-state index >= 15 is 0 Å². The molecule has 1 aliphatic heterocycles. The van der Waals surface area contributed by atoms with Gasteiger partial charge in [0.2, 0.25) is 0 Å². The molecule has 1 aliphatic rings. The summed E-state index contributed by atoms with van der Waals surface area (Å²) >= 11 is 1.64. The van der Waals surface area contributed by atoms with Crippen LogP contribution in [0.4, 0.5) is 5.82 Å². The molecule has 4 rings (SSSR count). The number of rotatable bonds is 7. The first-order chi connectivity index (χ1) is 12.8. The van der Waals surface area contributed by atoms with E-state index in [4.69, 9.17) is 9.47 Å². The lowest BCUT2D eigenvalue weighted by Gasteiger charge is -2.27. The highest BCUT2D eigenvalue weighted by Gasteiger charge is 2.19. The van der Waals surface area contributed by atoms with Crippen LogP contribution in [0.1, 0.15) is 4.88 Å². The number of nitrogens with zero attached hydrogens (tertiary/aromatic N) is 5. The van der Waals surface area contributed by atoms with Crippen LogP contribution in [0.25, 0.3) is 11.2 Å². The molecule has 0 saturated carbocycles. The molecule has 138 valence electrons. The molecule has 1 atom stereocenters. The zero-order valence-corrected chi connectivity index (χ0v) is 15.1. The van der Waals surface area contributed by atoms with Crippen LogP contribution in [0.15, 0.2) is 30.2 Å². The van der Waals surface area contributed by atoms with Crippen LogP contribution in [0.3, 0.4) is 0 Å². The summed E-state index contributed by atoms with van der Waals surface area (Å²) in [5.41, 5.74) is 1.47. The van der Waals surface area contributed by atoms with E-state index in [-0.39, 0.29) is 6.61 Å². The van der Waals surface area contributed by atoms with Crippen LogP contribution in [-0.2, 0) is 22.6 Å². The maximum atomic E-state index is 10.3. The van der Waals surface area contributed by atoms with Gasteiger partial charge in [-0.15, -0.1) is 11.3 Å². The largest absolute Gasteiger partial charge is 0.389 e. The van der Waals surface area contributed by atoms with Gasteiger partial charge in [0.15, 0.2) is 17.0 Å². The fraction of sp³-hybridized carbons (Fsp3) is 0.471. The van der Waals surface area contributed by atoms with Gasteiger partial charge in [0.1, 0.15) is 6.33 Å². The highest BCUT2D eigenvalue weighted by atomic mass is 32.1. The summed E-state index contributed by atoms with van der Waals surface area (Å²) in [7, 11) is 0. The number of aliphatic hydroxyl groups is 1. The predicted octanol–water partition coefficient (Wildman–Crippen LogP) is 1.30. The van der Waals surface area contributed by atoms with Crippen molar-refractivity contribution in [2.75, 3.05) is 37.8 Å². The fourth-order valence-corrected chi connectivity index (χ4v) is 3.62. The maximum Gasteiger partial charge on any atom is 0.165 e. The van der Waals surface area contributed by atoms with Crippen molar-refractivity contribution < 1.29 is 14.6 Å². The SMILES string of the molecule is O[C@@H](COCc1cccs1)Cn1cnc2c(N3CCOCC3)ncnc21. The molecular formula is C17H21N5O3S. The van der Waals surface area contributed by atoms with Crippen molar-refractivity contribution in [1.82, 2.24) is 19.5 Å². The zero-order valence-electron chi connectivity index (χ0n) is 14.3. The van der Waals surface area contributed by atoms with Crippen molar-refractivity contribution in [2.45, 2.75) is 19.3 Å². The standard InChI is InChI=1S/C17H21N5O3S/c23-13(9-25-10-14-2-1-7-26-14)8-22-12-20-15-16(18-11-19-17(15)22)21-3-5-24-6-4-21/h1-2,7,11-13,23H,3-6,8-10H2/t13-/m1/s1. The fourth-order valence-electron chi connectivity index (χ4n) is 2.98. The third-order valence-electron chi connectivity index (χ3n) is 4.23. The van der Waals surface area contributed by atoms with E-state index in [0.29, 0.717) is 26.4 Å². The zero-order chi connectivity index (χ0) is 17.8. The van der Waals surface area contributed by atoms with Gasteiger partial charge in [0, 0.05) is 18.0 Å². The molecular weight excluding hydrogens is 354 g/mol. The molecule has 26 heavy (non-hydrogen) atoms. The second-order valence-corrected chi connectivity index (χ2v) is 7.15. The maximum absolute atomic E-state index is 10.3. The van der Waals surface area contributed by atoms with E-state index in [0.717, 1.165) is 34.9 Å². The van der Waals surface area contributed by atoms with Gasteiger partial charge in [0.25, 0.3) is 0 Å². The minimum atomic E-state index is -0.630. The first kappa shape index (κ1) is 17.3. The van der Waals surface area contributed by atoms with Gasteiger partial charge in [0.05, 0.1) is 45.4 Å². The molecule has 0 spiro atoms. The van der Waals surface area contributed by atoms with E-state index in [2.05, 4.69) is 19.9 Å². The van der Waals surface area contributed by atoms with Crippen LogP contribution >= 0.6 is 11.3 Å². The van der Waals surface area contributed by atoms with Crippen molar-refractivity contribution in [3.63, 3.8) is 0 Å². The van der Waals surface area contributed by atoms with Crippen LogP contribution in [0.5, 0.6) is 0 Å². The number of aliphatic hydroxyl groups excluding tert-OH is 1. The Morgan fingerprint density at radius 1 is 1.27 bits per heavy atom.